The van der Waals surface area contributed by atoms with Gasteiger partial charge in [-0.15, -0.1) is 0 Å². The zero-order chi connectivity index (χ0) is 26.8. The predicted molar refractivity (Wildman–Crippen MR) is 173 cm³/mol. The number of benzene rings is 6. The Labute approximate surface area is 237 Å². The van der Waals surface area contributed by atoms with Gasteiger partial charge >= 0.3 is 0 Å². The molecule has 0 bridgehead atoms. The molecule has 0 spiro atoms. The summed E-state index contributed by atoms with van der Waals surface area (Å²) in [5, 5.41) is 2.97. The van der Waals surface area contributed by atoms with E-state index in [9.17, 15) is 0 Å². The SMILES string of the molecule is C[Si]1(C)c2ccccc2N(c2ccc3c(c2)-c2ccccc2-c2ccccc2-c2ccccc2-3)c2ccccc21. The van der Waals surface area contributed by atoms with Crippen LogP contribution in [0.5, 0.6) is 0 Å². The molecule has 0 aromatic heterocycles. The topological polar surface area (TPSA) is 3.24 Å². The summed E-state index contributed by atoms with van der Waals surface area (Å²) in [5.74, 6) is 0. The van der Waals surface area contributed by atoms with Crippen molar-refractivity contribution in [2.45, 2.75) is 13.1 Å². The molecule has 0 amide bonds. The summed E-state index contributed by atoms with van der Waals surface area (Å²) in [5.41, 5.74) is 14.0. The molecule has 0 atom stereocenters. The number of fused-ring (bicyclic) bond motifs is 10. The Morgan fingerprint density at radius 2 is 0.725 bits per heavy atom. The van der Waals surface area contributed by atoms with Crippen LogP contribution in [-0.2, 0) is 0 Å². The highest BCUT2D eigenvalue weighted by molar-refractivity contribution is 7.02. The Morgan fingerprint density at radius 3 is 1.18 bits per heavy atom. The van der Waals surface area contributed by atoms with Crippen molar-refractivity contribution in [1.82, 2.24) is 0 Å². The number of hydrogen-bond donors (Lipinski definition) is 0. The first-order valence-electron chi connectivity index (χ1n) is 14.0. The first kappa shape index (κ1) is 23.2. The van der Waals surface area contributed by atoms with Gasteiger partial charge < -0.3 is 4.90 Å². The fourth-order valence-corrected chi connectivity index (χ4v) is 9.92. The first-order chi connectivity index (χ1) is 19.6. The third kappa shape index (κ3) is 3.26. The number of para-hydroxylation sites is 2. The van der Waals surface area contributed by atoms with Crippen LogP contribution in [0.2, 0.25) is 13.1 Å². The van der Waals surface area contributed by atoms with Gasteiger partial charge in [-0.05, 0) is 79.1 Å². The summed E-state index contributed by atoms with van der Waals surface area (Å²) >= 11 is 0. The van der Waals surface area contributed by atoms with Crippen LogP contribution >= 0.6 is 0 Å². The van der Waals surface area contributed by atoms with Crippen LogP contribution in [0.4, 0.5) is 17.1 Å². The van der Waals surface area contributed by atoms with E-state index in [2.05, 4.69) is 158 Å². The van der Waals surface area contributed by atoms with E-state index in [0.29, 0.717) is 0 Å². The van der Waals surface area contributed by atoms with Gasteiger partial charge in [0.05, 0.1) is 0 Å². The highest BCUT2D eigenvalue weighted by Gasteiger charge is 2.38. The van der Waals surface area contributed by atoms with Gasteiger partial charge in [-0.1, -0.05) is 128 Å². The Kier molecular flexibility index (Phi) is 5.04. The maximum absolute atomic E-state index is 2.49. The molecular formula is C38H29NSi. The number of rotatable bonds is 1. The fraction of sp³-hybridized carbons (Fsp3) is 0.0526. The van der Waals surface area contributed by atoms with Crippen molar-refractivity contribution in [1.29, 1.82) is 0 Å². The lowest BCUT2D eigenvalue weighted by Crippen LogP contribution is -2.58. The molecule has 40 heavy (non-hydrogen) atoms. The van der Waals surface area contributed by atoms with Gasteiger partial charge in [0.25, 0.3) is 0 Å². The molecule has 0 fully saturated rings. The van der Waals surface area contributed by atoms with Crippen LogP contribution in [0.15, 0.2) is 140 Å². The number of anilines is 3. The fourth-order valence-electron chi connectivity index (χ4n) is 6.93. The molecule has 0 N–H and O–H groups in total. The molecule has 0 saturated heterocycles. The van der Waals surface area contributed by atoms with Gasteiger partial charge in [0.1, 0.15) is 8.07 Å². The van der Waals surface area contributed by atoms with E-state index in [0.717, 1.165) is 0 Å². The first-order valence-corrected chi connectivity index (χ1v) is 17.0. The molecule has 190 valence electrons. The van der Waals surface area contributed by atoms with Gasteiger partial charge in [-0.3, -0.25) is 0 Å². The second kappa shape index (κ2) is 8.67. The van der Waals surface area contributed by atoms with Crippen molar-refractivity contribution in [2.75, 3.05) is 4.90 Å². The average Bonchev–Trinajstić information content (AvgIpc) is 3.01. The summed E-state index contributed by atoms with van der Waals surface area (Å²) in [6.07, 6.45) is 0. The van der Waals surface area contributed by atoms with Crippen LogP contribution in [0.1, 0.15) is 0 Å². The average molecular weight is 528 g/mol. The molecule has 0 radical (unpaired) electrons. The second-order valence-electron chi connectivity index (χ2n) is 11.4. The van der Waals surface area contributed by atoms with Gasteiger partial charge in [0.2, 0.25) is 0 Å². The molecule has 1 nitrogen and oxygen atoms in total. The minimum Gasteiger partial charge on any atom is -0.311 e. The van der Waals surface area contributed by atoms with Gasteiger partial charge in [-0.2, -0.15) is 0 Å². The zero-order valence-corrected chi connectivity index (χ0v) is 23.7. The predicted octanol–water partition coefficient (Wildman–Crippen LogP) is 9.27. The standard InChI is InChI=1S/C38H29NSi/c1-40(2)37-21-11-9-19-35(37)39(36-20-10-12-22-38(36)40)26-23-24-33-31-17-6-5-15-29(31)27-13-3-4-14-28(27)30-16-7-8-18-32(30)34(33)25-26/h3-25H,1-2H3. The van der Waals surface area contributed by atoms with Crippen LogP contribution in [0.25, 0.3) is 44.5 Å². The van der Waals surface area contributed by atoms with E-state index >= 15 is 0 Å². The van der Waals surface area contributed by atoms with E-state index in [1.54, 1.807) is 0 Å². The minimum absolute atomic E-state index is 1.20. The monoisotopic (exact) mass is 527 g/mol. The van der Waals surface area contributed by atoms with E-state index in [1.165, 1.54) is 71.9 Å². The highest BCUT2D eigenvalue weighted by Crippen LogP contribution is 2.49. The van der Waals surface area contributed by atoms with Crippen molar-refractivity contribution in [3.63, 3.8) is 0 Å². The molecule has 1 heterocycles. The lowest BCUT2D eigenvalue weighted by molar-refractivity contribution is 1.28. The molecule has 1 aliphatic carbocycles. The summed E-state index contributed by atoms with van der Waals surface area (Å²) in [6, 6.07) is 51.7. The molecular weight excluding hydrogens is 499 g/mol. The third-order valence-electron chi connectivity index (χ3n) is 8.84. The molecule has 6 aromatic carbocycles. The van der Waals surface area contributed by atoms with Crippen molar-refractivity contribution >= 4 is 35.5 Å². The molecule has 2 heteroatoms. The molecule has 8 rings (SSSR count). The zero-order valence-electron chi connectivity index (χ0n) is 22.7. The van der Waals surface area contributed by atoms with Gasteiger partial charge in [0.15, 0.2) is 0 Å². The van der Waals surface area contributed by atoms with Crippen LogP contribution in [-0.4, -0.2) is 8.07 Å². The number of hydrogen-bond acceptors (Lipinski definition) is 1. The number of nitrogens with zero attached hydrogens (tertiary/aromatic N) is 1. The lowest BCUT2D eigenvalue weighted by atomic mass is 9.81. The Morgan fingerprint density at radius 1 is 0.375 bits per heavy atom. The smallest absolute Gasteiger partial charge is 0.117 e. The van der Waals surface area contributed by atoms with E-state index in [-0.39, 0.29) is 0 Å². The van der Waals surface area contributed by atoms with Crippen LogP contribution in [0, 0.1) is 0 Å². The quantitative estimate of drug-likeness (QED) is 0.192. The summed E-state index contributed by atoms with van der Waals surface area (Å²) in [4.78, 5) is 2.49. The Balaban J connectivity index is 1.44. The van der Waals surface area contributed by atoms with E-state index in [4.69, 9.17) is 0 Å². The van der Waals surface area contributed by atoms with Gasteiger partial charge in [0, 0.05) is 17.1 Å². The second-order valence-corrected chi connectivity index (χ2v) is 15.7. The van der Waals surface area contributed by atoms with Crippen molar-refractivity contribution in [2.24, 2.45) is 0 Å². The normalized spacial score (nSPS) is 13.9. The summed E-state index contributed by atoms with van der Waals surface area (Å²) in [7, 11) is -1.84. The molecule has 6 aromatic rings. The van der Waals surface area contributed by atoms with Crippen LogP contribution < -0.4 is 15.3 Å². The van der Waals surface area contributed by atoms with Crippen LogP contribution in [0.3, 0.4) is 0 Å². The van der Waals surface area contributed by atoms with E-state index < -0.39 is 8.07 Å². The third-order valence-corrected chi connectivity index (χ3v) is 12.4. The van der Waals surface area contributed by atoms with E-state index in [1.807, 2.05) is 0 Å². The maximum atomic E-state index is 2.49. The Bertz CT molecular complexity index is 1890. The molecule has 1 aliphatic heterocycles. The molecule has 0 saturated carbocycles. The largest absolute Gasteiger partial charge is 0.311 e. The molecule has 2 aliphatic rings. The lowest BCUT2D eigenvalue weighted by Gasteiger charge is -2.41. The molecule has 0 unspecified atom stereocenters. The Hall–Kier alpha value is -4.66. The van der Waals surface area contributed by atoms with Crippen molar-refractivity contribution in [3.8, 4) is 44.5 Å². The highest BCUT2D eigenvalue weighted by atomic mass is 28.3. The van der Waals surface area contributed by atoms with Crippen molar-refractivity contribution < 1.29 is 0 Å². The summed E-state index contributed by atoms with van der Waals surface area (Å²) < 4.78 is 0. The maximum Gasteiger partial charge on any atom is 0.117 e. The summed E-state index contributed by atoms with van der Waals surface area (Å²) in [6.45, 7) is 4.96. The minimum atomic E-state index is -1.84. The van der Waals surface area contributed by atoms with Gasteiger partial charge in [-0.25, -0.2) is 0 Å². The van der Waals surface area contributed by atoms with Crippen molar-refractivity contribution in [3.05, 3.63) is 140 Å².